The molecule has 0 spiro atoms. The van der Waals surface area contributed by atoms with Crippen molar-refractivity contribution >= 4 is 23.6 Å². The van der Waals surface area contributed by atoms with Gasteiger partial charge in [0.2, 0.25) is 0 Å². The molecule has 2 amide bonds. The first-order chi connectivity index (χ1) is 10.6. The molecule has 0 bridgehead atoms. The normalized spacial score (nSPS) is 9.86. The number of rotatable bonds is 4. The summed E-state index contributed by atoms with van der Waals surface area (Å²) in [5, 5.41) is 13.5. The third kappa shape index (κ3) is 4.52. The highest BCUT2D eigenvalue weighted by atomic mass is 16.5. The minimum Gasteiger partial charge on any atom is -0.465 e. The third-order valence-electron chi connectivity index (χ3n) is 3.00. The summed E-state index contributed by atoms with van der Waals surface area (Å²) in [4.78, 5) is 21.6. The average molecular weight is 300 g/mol. The van der Waals surface area contributed by atoms with Crippen LogP contribution in [0.5, 0.6) is 0 Å². The van der Waals surface area contributed by atoms with Crippen molar-refractivity contribution in [1.82, 2.24) is 0 Å². The van der Waals surface area contributed by atoms with Gasteiger partial charge in [-0.25, -0.2) is 9.59 Å². The lowest BCUT2D eigenvalue weighted by Gasteiger charge is -2.07. The van der Waals surface area contributed by atoms with E-state index in [0.29, 0.717) is 17.8 Å². The van der Waals surface area contributed by atoms with Gasteiger partial charge < -0.3 is 9.84 Å². The van der Waals surface area contributed by atoms with E-state index < -0.39 is 12.2 Å². The molecule has 0 aliphatic carbocycles. The monoisotopic (exact) mass is 300 g/mol. The Hall–Kier alpha value is -3.02. The Morgan fingerprint density at radius 1 is 0.909 bits per heavy atom. The highest BCUT2D eigenvalue weighted by molar-refractivity contribution is 5.84. The van der Waals surface area contributed by atoms with E-state index in [2.05, 4.69) is 15.4 Å². The first kappa shape index (κ1) is 15.4. The largest absolute Gasteiger partial charge is 0.465 e. The molecule has 0 aliphatic rings. The Morgan fingerprint density at radius 3 is 1.77 bits per heavy atom. The van der Waals surface area contributed by atoms with Crippen LogP contribution in [0.4, 0.5) is 21.0 Å². The van der Waals surface area contributed by atoms with Crippen LogP contribution in [-0.2, 0) is 11.2 Å². The average Bonchev–Trinajstić information content (AvgIpc) is 2.50. The number of methoxy groups -OCH3 is 1. The van der Waals surface area contributed by atoms with Gasteiger partial charge in [0, 0.05) is 11.4 Å². The van der Waals surface area contributed by atoms with Crippen LogP contribution in [0.1, 0.15) is 11.1 Å². The number of benzene rings is 2. The van der Waals surface area contributed by atoms with Crippen molar-refractivity contribution in [2.75, 3.05) is 17.7 Å². The highest BCUT2D eigenvalue weighted by Gasteiger charge is 2.02. The van der Waals surface area contributed by atoms with E-state index in [1.165, 1.54) is 7.11 Å². The molecule has 2 aromatic carbocycles. The minimum atomic E-state index is -1.08. The van der Waals surface area contributed by atoms with Crippen LogP contribution < -0.4 is 10.6 Å². The maximum atomic E-state index is 11.1. The lowest BCUT2D eigenvalue weighted by Crippen LogP contribution is -2.10. The van der Waals surface area contributed by atoms with E-state index in [4.69, 9.17) is 5.11 Å². The van der Waals surface area contributed by atoms with Crippen molar-refractivity contribution in [3.05, 3.63) is 59.7 Å². The smallest absolute Gasteiger partial charge is 0.411 e. The van der Waals surface area contributed by atoms with Crippen LogP contribution in [0.25, 0.3) is 0 Å². The molecule has 22 heavy (non-hydrogen) atoms. The van der Waals surface area contributed by atoms with Gasteiger partial charge >= 0.3 is 12.2 Å². The summed E-state index contributed by atoms with van der Waals surface area (Å²) in [7, 11) is 1.31. The molecule has 114 valence electrons. The van der Waals surface area contributed by atoms with Gasteiger partial charge in [-0.05, 0) is 41.8 Å². The van der Waals surface area contributed by atoms with Gasteiger partial charge in [0.25, 0.3) is 0 Å². The molecule has 0 heterocycles. The number of amides is 2. The zero-order valence-corrected chi connectivity index (χ0v) is 12.0. The van der Waals surface area contributed by atoms with Crippen molar-refractivity contribution in [2.24, 2.45) is 0 Å². The van der Waals surface area contributed by atoms with Gasteiger partial charge in [-0.3, -0.25) is 10.6 Å². The number of carboxylic acid groups (broad SMARTS) is 1. The summed E-state index contributed by atoms with van der Waals surface area (Å²) >= 11 is 0. The summed E-state index contributed by atoms with van der Waals surface area (Å²) in [5.41, 5.74) is 3.34. The molecule has 0 aromatic heterocycles. The predicted octanol–water partition coefficient (Wildman–Crippen LogP) is 3.55. The topological polar surface area (TPSA) is 87.7 Å². The first-order valence-corrected chi connectivity index (χ1v) is 6.59. The van der Waals surface area contributed by atoms with Crippen LogP contribution in [-0.4, -0.2) is 24.4 Å². The number of nitrogens with one attached hydrogen (secondary N) is 2. The molecular formula is C16H16N2O4. The van der Waals surface area contributed by atoms with Crippen LogP contribution in [0, 0.1) is 0 Å². The summed E-state index contributed by atoms with van der Waals surface area (Å²) in [6, 6.07) is 14.6. The zero-order chi connectivity index (χ0) is 15.9. The molecule has 0 saturated heterocycles. The Labute approximate surface area is 127 Å². The van der Waals surface area contributed by atoms with Gasteiger partial charge in [-0.2, -0.15) is 0 Å². The number of ether oxygens (including phenoxy) is 1. The van der Waals surface area contributed by atoms with E-state index in [0.717, 1.165) is 11.1 Å². The van der Waals surface area contributed by atoms with E-state index in [1.807, 2.05) is 24.3 Å². The van der Waals surface area contributed by atoms with Crippen LogP contribution in [0.3, 0.4) is 0 Å². The van der Waals surface area contributed by atoms with Crippen molar-refractivity contribution in [3.63, 3.8) is 0 Å². The summed E-state index contributed by atoms with van der Waals surface area (Å²) in [5.74, 6) is 0. The van der Waals surface area contributed by atoms with Gasteiger partial charge in [-0.15, -0.1) is 0 Å². The third-order valence-corrected chi connectivity index (χ3v) is 3.00. The van der Waals surface area contributed by atoms with Gasteiger partial charge in [-0.1, -0.05) is 24.3 Å². The first-order valence-electron chi connectivity index (χ1n) is 6.59. The second kappa shape index (κ2) is 7.12. The van der Waals surface area contributed by atoms with E-state index >= 15 is 0 Å². The predicted molar refractivity (Wildman–Crippen MR) is 83.4 cm³/mol. The molecule has 6 nitrogen and oxygen atoms in total. The second-order valence-corrected chi connectivity index (χ2v) is 4.62. The molecule has 2 rings (SSSR count). The van der Waals surface area contributed by atoms with E-state index in [9.17, 15) is 9.59 Å². The second-order valence-electron chi connectivity index (χ2n) is 4.62. The summed E-state index contributed by atoms with van der Waals surface area (Å²) in [6.45, 7) is 0. The van der Waals surface area contributed by atoms with Gasteiger partial charge in [0.1, 0.15) is 0 Å². The number of anilines is 2. The maximum absolute atomic E-state index is 11.1. The molecule has 3 N–H and O–H groups in total. The van der Waals surface area contributed by atoms with Crippen LogP contribution in [0.15, 0.2) is 48.5 Å². The fourth-order valence-corrected chi connectivity index (χ4v) is 1.94. The van der Waals surface area contributed by atoms with Gasteiger partial charge in [0.05, 0.1) is 7.11 Å². The molecule has 0 saturated carbocycles. The Morgan fingerprint density at radius 2 is 1.36 bits per heavy atom. The fraction of sp³-hybridized carbons (Fsp3) is 0.125. The van der Waals surface area contributed by atoms with Crippen LogP contribution >= 0.6 is 0 Å². The summed E-state index contributed by atoms with van der Waals surface area (Å²) < 4.78 is 4.52. The van der Waals surface area contributed by atoms with E-state index in [-0.39, 0.29) is 0 Å². The molecule has 0 aliphatic heterocycles. The Kier molecular flexibility index (Phi) is 4.98. The molecule has 0 unspecified atom stereocenters. The number of carbonyl (C=O) groups excluding carboxylic acids is 1. The van der Waals surface area contributed by atoms with Crippen LogP contribution in [0.2, 0.25) is 0 Å². The minimum absolute atomic E-state index is 0.505. The SMILES string of the molecule is COC(=O)Nc1ccc(Cc2ccc(NC(=O)O)cc2)cc1. The summed E-state index contributed by atoms with van der Waals surface area (Å²) in [6.07, 6.45) is -0.873. The number of hydrogen-bond acceptors (Lipinski definition) is 3. The molecule has 2 aromatic rings. The standard InChI is InChI=1S/C16H16N2O4/c1-22-16(21)18-14-8-4-12(5-9-14)10-11-2-6-13(7-3-11)17-15(19)20/h2-9,17H,10H2,1H3,(H,18,21)(H,19,20). The highest BCUT2D eigenvalue weighted by Crippen LogP contribution is 2.16. The quantitative estimate of drug-likeness (QED) is 0.805. The number of hydrogen-bond donors (Lipinski definition) is 3. The van der Waals surface area contributed by atoms with E-state index in [1.54, 1.807) is 24.3 Å². The van der Waals surface area contributed by atoms with Crippen molar-refractivity contribution < 1.29 is 19.4 Å². The lowest BCUT2D eigenvalue weighted by molar-refractivity contribution is 0.187. The van der Waals surface area contributed by atoms with Crippen molar-refractivity contribution in [2.45, 2.75) is 6.42 Å². The van der Waals surface area contributed by atoms with Crippen molar-refractivity contribution in [3.8, 4) is 0 Å². The molecule has 6 heteroatoms. The fourth-order valence-electron chi connectivity index (χ4n) is 1.94. The lowest BCUT2D eigenvalue weighted by atomic mass is 10.0. The van der Waals surface area contributed by atoms with Gasteiger partial charge in [0.15, 0.2) is 0 Å². The zero-order valence-electron chi connectivity index (χ0n) is 12.0. The molecular weight excluding hydrogens is 284 g/mol. The number of carbonyl (C=O) groups is 2. The molecule has 0 radical (unpaired) electrons. The molecule has 0 fully saturated rings. The Bertz CT molecular complexity index is 651. The van der Waals surface area contributed by atoms with Crippen molar-refractivity contribution in [1.29, 1.82) is 0 Å². The maximum Gasteiger partial charge on any atom is 0.411 e. The molecule has 0 atom stereocenters. The Balaban J connectivity index is 1.98.